The summed E-state index contributed by atoms with van der Waals surface area (Å²) in [7, 11) is 0. The number of nitrogens with one attached hydrogen (secondary N) is 1. The highest BCUT2D eigenvalue weighted by Crippen LogP contribution is 2.15. The fraction of sp³-hybridized carbons (Fsp3) is 0.267. The normalized spacial score (nSPS) is 9.55. The number of hydrogen-bond donors (Lipinski definition) is 1. The number of nitrogens with zero attached hydrogens (tertiary/aromatic N) is 1. The second-order valence-corrected chi connectivity index (χ2v) is 4.45. The van der Waals surface area contributed by atoms with Gasteiger partial charge in [-0.2, -0.15) is 0 Å². The number of para-hydroxylation sites is 1. The number of hydrogen-bond acceptors (Lipinski definition) is 3. The van der Waals surface area contributed by atoms with Gasteiger partial charge in [-0.15, -0.1) is 0 Å². The van der Waals surface area contributed by atoms with Crippen LogP contribution >= 0.6 is 11.6 Å². The number of amides is 1. The first-order valence-corrected chi connectivity index (χ1v) is 6.77. The standard InChI is InChI=1S/C12H12N2O.C3H5ClO/c1-2-12(15)14-10-7-9-5-3-4-6-11(9)13-8-10;1-2-3(4)5/h3-8H,2H2,1H3,(H,14,15);2H2,1H3. The van der Waals surface area contributed by atoms with Gasteiger partial charge >= 0.3 is 0 Å². The summed E-state index contributed by atoms with van der Waals surface area (Å²) in [5.41, 5.74) is 1.69. The highest BCUT2D eigenvalue weighted by molar-refractivity contribution is 6.63. The van der Waals surface area contributed by atoms with Crippen molar-refractivity contribution in [1.29, 1.82) is 0 Å². The van der Waals surface area contributed by atoms with Crippen LogP contribution in [0.5, 0.6) is 0 Å². The number of halogens is 1. The maximum atomic E-state index is 11.2. The second-order valence-electron chi connectivity index (χ2n) is 4.03. The van der Waals surface area contributed by atoms with Gasteiger partial charge in [-0.3, -0.25) is 14.6 Å². The van der Waals surface area contributed by atoms with Crippen LogP contribution in [0.4, 0.5) is 5.69 Å². The average molecular weight is 293 g/mol. The molecule has 20 heavy (non-hydrogen) atoms. The van der Waals surface area contributed by atoms with Gasteiger partial charge < -0.3 is 5.32 Å². The molecule has 106 valence electrons. The lowest BCUT2D eigenvalue weighted by Gasteiger charge is -2.04. The van der Waals surface area contributed by atoms with Crippen LogP contribution in [0.15, 0.2) is 36.5 Å². The van der Waals surface area contributed by atoms with Gasteiger partial charge in [0.05, 0.1) is 17.4 Å². The molecule has 0 aliphatic rings. The van der Waals surface area contributed by atoms with Gasteiger partial charge in [0.15, 0.2) is 0 Å². The van der Waals surface area contributed by atoms with Gasteiger partial charge in [-0.05, 0) is 23.7 Å². The maximum absolute atomic E-state index is 11.2. The molecule has 4 nitrogen and oxygen atoms in total. The van der Waals surface area contributed by atoms with Crippen molar-refractivity contribution in [1.82, 2.24) is 4.98 Å². The Bertz CT molecular complexity index is 599. The van der Waals surface area contributed by atoms with Crippen molar-refractivity contribution in [2.45, 2.75) is 26.7 Å². The van der Waals surface area contributed by atoms with E-state index >= 15 is 0 Å². The van der Waals surface area contributed by atoms with Crippen molar-refractivity contribution in [3.63, 3.8) is 0 Å². The number of benzene rings is 1. The van der Waals surface area contributed by atoms with Crippen LogP contribution in [-0.4, -0.2) is 16.1 Å². The fourth-order valence-electron chi connectivity index (χ4n) is 1.39. The smallest absolute Gasteiger partial charge is 0.224 e. The first-order valence-electron chi connectivity index (χ1n) is 6.39. The maximum Gasteiger partial charge on any atom is 0.224 e. The minimum absolute atomic E-state index is 0.00656. The molecule has 0 fully saturated rings. The number of rotatable bonds is 3. The third-order valence-corrected chi connectivity index (χ3v) is 2.74. The molecule has 1 N–H and O–H groups in total. The Kier molecular flexibility index (Phi) is 6.67. The average Bonchev–Trinajstić information content (AvgIpc) is 2.47. The molecule has 1 heterocycles. The molecule has 0 aliphatic heterocycles. The van der Waals surface area contributed by atoms with Crippen molar-refractivity contribution in [2.75, 3.05) is 5.32 Å². The molecule has 1 aromatic carbocycles. The zero-order valence-electron chi connectivity index (χ0n) is 11.5. The zero-order chi connectivity index (χ0) is 15.0. The molecule has 1 aromatic heterocycles. The van der Waals surface area contributed by atoms with E-state index in [2.05, 4.69) is 10.3 Å². The lowest BCUT2D eigenvalue weighted by molar-refractivity contribution is -0.116. The number of aromatic nitrogens is 1. The predicted octanol–water partition coefficient (Wildman–Crippen LogP) is 3.75. The Balaban J connectivity index is 0.000000347. The van der Waals surface area contributed by atoms with E-state index in [1.807, 2.05) is 37.3 Å². The van der Waals surface area contributed by atoms with Crippen molar-refractivity contribution < 1.29 is 9.59 Å². The molecule has 0 unspecified atom stereocenters. The molecule has 2 aromatic rings. The van der Waals surface area contributed by atoms with Gasteiger partial charge in [0.2, 0.25) is 11.1 Å². The quantitative estimate of drug-likeness (QED) is 0.877. The lowest BCUT2D eigenvalue weighted by Crippen LogP contribution is -2.09. The van der Waals surface area contributed by atoms with Crippen molar-refractivity contribution >= 4 is 39.3 Å². The van der Waals surface area contributed by atoms with E-state index < -0.39 is 0 Å². The molecule has 0 saturated heterocycles. The first-order chi connectivity index (χ1) is 9.56. The third kappa shape index (κ3) is 5.36. The number of anilines is 1. The van der Waals surface area contributed by atoms with Crippen LogP contribution in [0.3, 0.4) is 0 Å². The van der Waals surface area contributed by atoms with E-state index in [9.17, 15) is 9.59 Å². The fourth-order valence-corrected chi connectivity index (χ4v) is 1.39. The van der Waals surface area contributed by atoms with Crippen molar-refractivity contribution in [2.24, 2.45) is 0 Å². The minimum Gasteiger partial charge on any atom is -0.325 e. The Morgan fingerprint density at radius 2 is 1.85 bits per heavy atom. The summed E-state index contributed by atoms with van der Waals surface area (Å²) < 4.78 is 0. The predicted molar refractivity (Wildman–Crippen MR) is 81.8 cm³/mol. The number of pyridine rings is 1. The molecular weight excluding hydrogens is 276 g/mol. The highest BCUT2D eigenvalue weighted by atomic mass is 35.5. The Morgan fingerprint density at radius 1 is 1.20 bits per heavy atom. The molecule has 0 saturated carbocycles. The van der Waals surface area contributed by atoms with Gasteiger partial charge in [0.1, 0.15) is 0 Å². The summed E-state index contributed by atoms with van der Waals surface area (Å²) in [4.78, 5) is 25.0. The topological polar surface area (TPSA) is 59.1 Å². The molecule has 2 rings (SSSR count). The van der Waals surface area contributed by atoms with Crippen LogP contribution in [0.1, 0.15) is 26.7 Å². The molecule has 5 heteroatoms. The van der Waals surface area contributed by atoms with E-state index in [4.69, 9.17) is 11.6 Å². The second kappa shape index (κ2) is 8.27. The van der Waals surface area contributed by atoms with Crippen molar-refractivity contribution in [3.8, 4) is 0 Å². The molecule has 1 amide bonds. The summed E-state index contributed by atoms with van der Waals surface area (Å²) in [6.07, 6.45) is 2.59. The van der Waals surface area contributed by atoms with Gasteiger partial charge in [0.25, 0.3) is 0 Å². The Morgan fingerprint density at radius 3 is 2.45 bits per heavy atom. The molecule has 0 aliphatic carbocycles. The lowest BCUT2D eigenvalue weighted by atomic mass is 10.2. The first kappa shape index (κ1) is 16.1. The van der Waals surface area contributed by atoms with E-state index in [1.54, 1.807) is 13.1 Å². The van der Waals surface area contributed by atoms with Gasteiger partial charge in [0, 0.05) is 18.2 Å². The van der Waals surface area contributed by atoms with Crippen LogP contribution in [0, 0.1) is 0 Å². The minimum atomic E-state index is -0.273. The van der Waals surface area contributed by atoms with Crippen LogP contribution < -0.4 is 5.32 Å². The third-order valence-electron chi connectivity index (χ3n) is 2.47. The van der Waals surface area contributed by atoms with Gasteiger partial charge in [-0.1, -0.05) is 32.0 Å². The Labute approximate surface area is 123 Å². The van der Waals surface area contributed by atoms with Crippen LogP contribution in [-0.2, 0) is 9.59 Å². The number of fused-ring (bicyclic) bond motifs is 1. The molecule has 0 bridgehead atoms. The van der Waals surface area contributed by atoms with Gasteiger partial charge in [-0.25, -0.2) is 0 Å². The summed E-state index contributed by atoms with van der Waals surface area (Å²) >= 11 is 4.82. The molecule has 0 atom stereocenters. The molecule has 0 spiro atoms. The monoisotopic (exact) mass is 292 g/mol. The summed E-state index contributed by atoms with van der Waals surface area (Å²) in [5.74, 6) is 0.00656. The SMILES string of the molecule is CCC(=O)Cl.CCC(=O)Nc1cnc2ccccc2c1. The summed E-state index contributed by atoms with van der Waals surface area (Å²) in [6, 6.07) is 9.75. The van der Waals surface area contributed by atoms with E-state index in [0.29, 0.717) is 12.8 Å². The zero-order valence-corrected chi connectivity index (χ0v) is 12.3. The number of carbonyl (C=O) groups is 2. The Hall–Kier alpha value is -1.94. The molecular formula is C15H17ClN2O2. The van der Waals surface area contributed by atoms with E-state index in [1.165, 1.54) is 0 Å². The largest absolute Gasteiger partial charge is 0.325 e. The van der Waals surface area contributed by atoms with Crippen LogP contribution in [0.25, 0.3) is 10.9 Å². The number of carbonyl (C=O) groups excluding carboxylic acids is 2. The van der Waals surface area contributed by atoms with Crippen LogP contribution in [0.2, 0.25) is 0 Å². The van der Waals surface area contributed by atoms with E-state index in [-0.39, 0.29) is 11.1 Å². The van der Waals surface area contributed by atoms with E-state index in [0.717, 1.165) is 16.6 Å². The summed E-state index contributed by atoms with van der Waals surface area (Å²) in [6.45, 7) is 3.54. The molecule has 0 radical (unpaired) electrons. The highest BCUT2D eigenvalue weighted by Gasteiger charge is 2.00. The summed E-state index contributed by atoms with van der Waals surface area (Å²) in [5, 5.41) is 3.54. The van der Waals surface area contributed by atoms with Crippen molar-refractivity contribution in [3.05, 3.63) is 36.5 Å².